The topological polar surface area (TPSA) is 52.0 Å². The van der Waals surface area contributed by atoms with Crippen LogP contribution in [0.25, 0.3) is 0 Å². The third kappa shape index (κ3) is 2.79. The Hall–Kier alpha value is -2.37. The Labute approximate surface area is 113 Å². The molecule has 0 spiro atoms. The molecule has 0 N–H and O–H groups in total. The largest absolute Gasteiger partial charge is 0.292 e. The molecule has 1 heterocycles. The molecule has 0 unspecified atom stereocenters. The highest BCUT2D eigenvalue weighted by atomic mass is 19.1. The first-order valence-corrected chi connectivity index (χ1v) is 5.92. The maximum Gasteiger partial charge on any atom is 0.254 e. The monoisotopic (exact) mass is 278 g/mol. The zero-order valence-corrected chi connectivity index (χ0v) is 11.0. The zero-order chi connectivity index (χ0) is 14.9. The van der Waals surface area contributed by atoms with Gasteiger partial charge in [-0.2, -0.15) is 0 Å². The van der Waals surface area contributed by atoms with Gasteiger partial charge in [-0.15, -0.1) is 0 Å². The Kier molecular flexibility index (Phi) is 3.74. The second kappa shape index (κ2) is 5.32. The van der Waals surface area contributed by atoms with Gasteiger partial charge in [0.2, 0.25) is 0 Å². The van der Waals surface area contributed by atoms with E-state index in [0.717, 1.165) is 16.7 Å². The molecule has 1 aromatic heterocycles. The van der Waals surface area contributed by atoms with Crippen LogP contribution in [0, 0.1) is 25.5 Å². The molecule has 0 atom stereocenters. The standard InChI is InChI=1S/C14H12F2N2O2/c1-8-5-14(20)18(9(2)17-8)7-13(19)11-4-3-10(15)6-12(11)16/h3-6H,7H2,1-2H3. The second-order valence-corrected chi connectivity index (χ2v) is 4.42. The van der Waals surface area contributed by atoms with Gasteiger partial charge in [0.1, 0.15) is 17.5 Å². The molecule has 2 rings (SSSR count). The first kappa shape index (κ1) is 14.0. The predicted molar refractivity (Wildman–Crippen MR) is 68.7 cm³/mol. The number of carbonyl (C=O) groups excluding carboxylic acids is 1. The summed E-state index contributed by atoms with van der Waals surface area (Å²) >= 11 is 0. The SMILES string of the molecule is Cc1cc(=O)n(CC(=O)c2ccc(F)cc2F)c(C)n1. The maximum atomic E-state index is 13.5. The summed E-state index contributed by atoms with van der Waals surface area (Å²) in [6, 6.07) is 3.99. The number of nitrogens with zero attached hydrogens (tertiary/aromatic N) is 2. The molecule has 6 heteroatoms. The lowest BCUT2D eigenvalue weighted by atomic mass is 10.1. The first-order valence-electron chi connectivity index (χ1n) is 5.92. The molecule has 0 aliphatic carbocycles. The molecule has 0 bridgehead atoms. The van der Waals surface area contributed by atoms with E-state index in [1.807, 2.05) is 0 Å². The van der Waals surface area contributed by atoms with Gasteiger partial charge >= 0.3 is 0 Å². The predicted octanol–water partition coefficient (Wildman–Crippen LogP) is 2.02. The average Bonchev–Trinajstić information content (AvgIpc) is 2.33. The molecular formula is C14H12F2N2O2. The van der Waals surface area contributed by atoms with E-state index in [1.54, 1.807) is 13.8 Å². The van der Waals surface area contributed by atoms with E-state index in [4.69, 9.17) is 0 Å². The molecule has 0 amide bonds. The van der Waals surface area contributed by atoms with Crippen molar-refractivity contribution in [3.8, 4) is 0 Å². The molecule has 104 valence electrons. The van der Waals surface area contributed by atoms with Crippen LogP contribution >= 0.6 is 0 Å². The average molecular weight is 278 g/mol. The van der Waals surface area contributed by atoms with E-state index >= 15 is 0 Å². The van der Waals surface area contributed by atoms with E-state index in [1.165, 1.54) is 6.07 Å². The van der Waals surface area contributed by atoms with Crippen molar-refractivity contribution in [2.45, 2.75) is 20.4 Å². The van der Waals surface area contributed by atoms with Gasteiger partial charge in [-0.3, -0.25) is 14.2 Å². The van der Waals surface area contributed by atoms with Crippen molar-refractivity contribution in [1.82, 2.24) is 9.55 Å². The summed E-state index contributed by atoms with van der Waals surface area (Å²) in [7, 11) is 0. The van der Waals surface area contributed by atoms with Crippen molar-refractivity contribution in [1.29, 1.82) is 0 Å². The van der Waals surface area contributed by atoms with E-state index in [0.29, 0.717) is 17.6 Å². The van der Waals surface area contributed by atoms with E-state index in [-0.39, 0.29) is 17.7 Å². The zero-order valence-electron chi connectivity index (χ0n) is 11.0. The Morgan fingerprint density at radius 1 is 1.25 bits per heavy atom. The first-order chi connectivity index (χ1) is 9.38. The molecular weight excluding hydrogens is 266 g/mol. The number of Topliss-reactive ketones (excluding diaryl/α,β-unsaturated/α-hetero) is 1. The third-order valence-electron chi connectivity index (χ3n) is 2.86. The Balaban J connectivity index is 2.35. The van der Waals surface area contributed by atoms with Crippen LogP contribution in [0.2, 0.25) is 0 Å². The lowest BCUT2D eigenvalue weighted by Gasteiger charge is -2.09. The van der Waals surface area contributed by atoms with Gasteiger partial charge in [-0.05, 0) is 26.0 Å². The van der Waals surface area contributed by atoms with Crippen molar-refractivity contribution in [3.63, 3.8) is 0 Å². The number of hydrogen-bond acceptors (Lipinski definition) is 3. The Morgan fingerprint density at radius 3 is 2.55 bits per heavy atom. The summed E-state index contributed by atoms with van der Waals surface area (Å²) in [5, 5.41) is 0. The summed E-state index contributed by atoms with van der Waals surface area (Å²) in [5.41, 5.74) is -0.0895. The van der Waals surface area contributed by atoms with Gasteiger partial charge in [0.25, 0.3) is 5.56 Å². The van der Waals surface area contributed by atoms with Gasteiger partial charge in [0.15, 0.2) is 5.78 Å². The van der Waals surface area contributed by atoms with Gasteiger partial charge in [0.05, 0.1) is 12.1 Å². The van der Waals surface area contributed by atoms with Gasteiger partial charge in [0, 0.05) is 17.8 Å². The quantitative estimate of drug-likeness (QED) is 0.807. The van der Waals surface area contributed by atoms with Crippen molar-refractivity contribution < 1.29 is 13.6 Å². The smallest absolute Gasteiger partial charge is 0.254 e. The fourth-order valence-corrected chi connectivity index (χ4v) is 1.90. The highest BCUT2D eigenvalue weighted by Crippen LogP contribution is 2.11. The summed E-state index contributed by atoms with van der Waals surface area (Å²) in [5.74, 6) is -1.95. The number of ketones is 1. The number of carbonyl (C=O) groups is 1. The molecule has 4 nitrogen and oxygen atoms in total. The highest BCUT2D eigenvalue weighted by Gasteiger charge is 2.15. The molecule has 0 saturated carbocycles. The highest BCUT2D eigenvalue weighted by molar-refractivity contribution is 5.96. The van der Waals surface area contributed by atoms with E-state index in [2.05, 4.69) is 4.98 Å². The molecule has 0 radical (unpaired) electrons. The van der Waals surface area contributed by atoms with Crippen LogP contribution in [-0.2, 0) is 6.54 Å². The van der Waals surface area contributed by atoms with Crippen LogP contribution in [0.1, 0.15) is 21.9 Å². The fraction of sp³-hybridized carbons (Fsp3) is 0.214. The van der Waals surface area contributed by atoms with Gasteiger partial charge in [-0.1, -0.05) is 0 Å². The minimum atomic E-state index is -0.944. The molecule has 0 aliphatic heterocycles. The third-order valence-corrected chi connectivity index (χ3v) is 2.86. The van der Waals surface area contributed by atoms with Crippen LogP contribution < -0.4 is 5.56 Å². The van der Waals surface area contributed by atoms with Crippen LogP contribution in [-0.4, -0.2) is 15.3 Å². The van der Waals surface area contributed by atoms with Crippen LogP contribution in [0.3, 0.4) is 0 Å². The summed E-state index contributed by atoms with van der Waals surface area (Å²) in [4.78, 5) is 27.8. The number of benzene rings is 1. The van der Waals surface area contributed by atoms with Crippen LogP contribution in [0.15, 0.2) is 29.1 Å². The van der Waals surface area contributed by atoms with Crippen LogP contribution in [0.4, 0.5) is 8.78 Å². The number of hydrogen-bond donors (Lipinski definition) is 0. The lowest BCUT2D eigenvalue weighted by molar-refractivity contribution is 0.0965. The summed E-state index contributed by atoms with van der Waals surface area (Å²) in [6.45, 7) is 2.92. The van der Waals surface area contributed by atoms with Crippen LogP contribution in [0.5, 0.6) is 0 Å². The number of rotatable bonds is 3. The van der Waals surface area contributed by atoms with E-state index in [9.17, 15) is 18.4 Å². The van der Waals surface area contributed by atoms with Gasteiger partial charge in [-0.25, -0.2) is 13.8 Å². The molecule has 2 aromatic rings. The second-order valence-electron chi connectivity index (χ2n) is 4.42. The lowest BCUT2D eigenvalue weighted by Crippen LogP contribution is -2.27. The Bertz CT molecular complexity index is 738. The minimum absolute atomic E-state index is 0.252. The summed E-state index contributed by atoms with van der Waals surface area (Å²) in [6.07, 6.45) is 0. The molecule has 0 fully saturated rings. The van der Waals surface area contributed by atoms with Crippen molar-refractivity contribution in [3.05, 3.63) is 63.3 Å². The molecule has 0 saturated heterocycles. The molecule has 0 aliphatic rings. The minimum Gasteiger partial charge on any atom is -0.292 e. The number of aryl methyl sites for hydroxylation is 2. The van der Waals surface area contributed by atoms with Gasteiger partial charge < -0.3 is 0 Å². The fourth-order valence-electron chi connectivity index (χ4n) is 1.90. The maximum absolute atomic E-state index is 13.5. The molecule has 1 aromatic carbocycles. The van der Waals surface area contributed by atoms with Crippen molar-refractivity contribution in [2.24, 2.45) is 0 Å². The normalized spacial score (nSPS) is 10.6. The molecule has 20 heavy (non-hydrogen) atoms. The Morgan fingerprint density at radius 2 is 1.95 bits per heavy atom. The number of halogens is 2. The number of aromatic nitrogens is 2. The summed E-state index contributed by atoms with van der Waals surface area (Å²) < 4.78 is 27.4. The van der Waals surface area contributed by atoms with Crippen molar-refractivity contribution in [2.75, 3.05) is 0 Å². The van der Waals surface area contributed by atoms with Crippen molar-refractivity contribution >= 4 is 5.78 Å². The van der Waals surface area contributed by atoms with E-state index < -0.39 is 17.4 Å².